The van der Waals surface area contributed by atoms with Gasteiger partial charge >= 0.3 is 7.82 Å². The zero-order valence-corrected chi connectivity index (χ0v) is 11.0. The molecule has 0 aliphatic rings. The van der Waals surface area contributed by atoms with Gasteiger partial charge in [-0.15, -0.1) is 0 Å². The van der Waals surface area contributed by atoms with Crippen LogP contribution in [0.5, 0.6) is 0 Å². The third-order valence-electron chi connectivity index (χ3n) is 1.75. The van der Waals surface area contributed by atoms with Crippen LogP contribution < -0.4 is 0 Å². The summed E-state index contributed by atoms with van der Waals surface area (Å²) in [6.45, 7) is 0.187. The lowest BCUT2D eigenvalue weighted by atomic mass is 10.2. The van der Waals surface area contributed by atoms with Crippen molar-refractivity contribution in [2.24, 2.45) is 0 Å². The molecule has 0 fully saturated rings. The molecule has 0 bridgehead atoms. The zero-order valence-electron chi connectivity index (χ0n) is 8.47. The van der Waals surface area contributed by atoms with Gasteiger partial charge in [0.2, 0.25) is 0 Å². The Morgan fingerprint density at radius 3 is 2.20 bits per heavy atom. The molecule has 0 N–H and O–H groups in total. The molecule has 0 saturated heterocycles. The molecular formula is C9H12BrO4P. The van der Waals surface area contributed by atoms with Gasteiger partial charge < -0.3 is 0 Å². The van der Waals surface area contributed by atoms with Crippen LogP contribution in [0, 0.1) is 0 Å². The van der Waals surface area contributed by atoms with Crippen molar-refractivity contribution >= 4 is 23.8 Å². The molecule has 1 aromatic rings. The zero-order chi connectivity index (χ0) is 11.3. The predicted molar refractivity (Wildman–Crippen MR) is 60.6 cm³/mol. The molecule has 0 aromatic heterocycles. The Morgan fingerprint density at radius 2 is 1.73 bits per heavy atom. The van der Waals surface area contributed by atoms with E-state index >= 15 is 0 Å². The molecule has 15 heavy (non-hydrogen) atoms. The summed E-state index contributed by atoms with van der Waals surface area (Å²) in [5, 5.41) is 0. The molecule has 1 aromatic carbocycles. The van der Waals surface area contributed by atoms with Crippen LogP contribution in [0.4, 0.5) is 0 Å². The van der Waals surface area contributed by atoms with Gasteiger partial charge in [-0.2, -0.15) is 0 Å². The third-order valence-corrected chi connectivity index (χ3v) is 3.62. The van der Waals surface area contributed by atoms with E-state index in [1.807, 2.05) is 24.3 Å². The van der Waals surface area contributed by atoms with E-state index in [0.717, 1.165) is 10.0 Å². The number of phosphoric ester groups is 1. The average molecular weight is 295 g/mol. The molecule has 0 saturated carbocycles. The van der Waals surface area contributed by atoms with Crippen molar-refractivity contribution in [1.29, 1.82) is 0 Å². The van der Waals surface area contributed by atoms with Gasteiger partial charge in [-0.1, -0.05) is 28.1 Å². The highest BCUT2D eigenvalue weighted by molar-refractivity contribution is 9.10. The lowest BCUT2D eigenvalue weighted by Gasteiger charge is -2.12. The molecule has 4 nitrogen and oxygen atoms in total. The highest BCUT2D eigenvalue weighted by Gasteiger charge is 2.22. The molecule has 0 radical (unpaired) electrons. The molecule has 0 heterocycles. The quantitative estimate of drug-likeness (QED) is 0.781. The maximum Gasteiger partial charge on any atom is 0.474 e. The normalized spacial score (nSPS) is 11.7. The Labute approximate surface area is 97.3 Å². The fourth-order valence-corrected chi connectivity index (χ4v) is 1.85. The fourth-order valence-electron chi connectivity index (χ4n) is 0.914. The third kappa shape index (κ3) is 4.05. The SMILES string of the molecule is COP(=O)(OC)OCc1ccc(Br)cc1. The van der Waals surface area contributed by atoms with Crippen LogP contribution in [0.25, 0.3) is 0 Å². The van der Waals surface area contributed by atoms with Crippen molar-refractivity contribution in [1.82, 2.24) is 0 Å². The van der Waals surface area contributed by atoms with Gasteiger partial charge in [0, 0.05) is 18.7 Å². The van der Waals surface area contributed by atoms with Gasteiger partial charge in [0.1, 0.15) is 0 Å². The first kappa shape index (κ1) is 12.9. The Kier molecular flexibility index (Phi) is 4.96. The van der Waals surface area contributed by atoms with Crippen LogP contribution in [0.1, 0.15) is 5.56 Å². The summed E-state index contributed by atoms with van der Waals surface area (Å²) in [4.78, 5) is 0. The summed E-state index contributed by atoms with van der Waals surface area (Å²) in [7, 11) is -0.803. The Bertz CT molecular complexity index is 344. The van der Waals surface area contributed by atoms with Crippen LogP contribution in [0.15, 0.2) is 28.7 Å². The Balaban J connectivity index is 2.57. The minimum atomic E-state index is -3.37. The number of phosphoric acid groups is 1. The number of benzene rings is 1. The van der Waals surface area contributed by atoms with Crippen LogP contribution in [-0.4, -0.2) is 14.2 Å². The highest BCUT2D eigenvalue weighted by atomic mass is 79.9. The second kappa shape index (κ2) is 5.77. The van der Waals surface area contributed by atoms with E-state index in [2.05, 4.69) is 25.0 Å². The first-order valence-corrected chi connectivity index (χ1v) is 6.45. The molecule has 1 rings (SSSR count). The van der Waals surface area contributed by atoms with Crippen LogP contribution in [-0.2, 0) is 24.7 Å². The summed E-state index contributed by atoms with van der Waals surface area (Å²) >= 11 is 3.32. The van der Waals surface area contributed by atoms with Crippen LogP contribution >= 0.6 is 23.8 Å². The second-order valence-electron chi connectivity index (χ2n) is 2.71. The summed E-state index contributed by atoms with van der Waals surface area (Å²) in [5.74, 6) is 0. The number of rotatable bonds is 5. The van der Waals surface area contributed by atoms with Crippen molar-refractivity contribution in [2.45, 2.75) is 6.61 Å². The van der Waals surface area contributed by atoms with Gasteiger partial charge in [-0.05, 0) is 17.7 Å². The molecule has 0 amide bonds. The minimum absolute atomic E-state index is 0.187. The summed E-state index contributed by atoms with van der Waals surface area (Å²) in [6.07, 6.45) is 0. The standard InChI is InChI=1S/C9H12BrO4P/c1-12-15(11,13-2)14-7-8-3-5-9(10)6-4-8/h3-6H,7H2,1-2H3. The first-order valence-electron chi connectivity index (χ1n) is 4.20. The number of halogens is 1. The van der Waals surface area contributed by atoms with Crippen molar-refractivity contribution in [3.63, 3.8) is 0 Å². The molecule has 0 spiro atoms. The second-order valence-corrected chi connectivity index (χ2v) is 5.51. The Morgan fingerprint density at radius 1 is 1.20 bits per heavy atom. The smallest absolute Gasteiger partial charge is 0.290 e. The van der Waals surface area contributed by atoms with E-state index in [9.17, 15) is 4.57 Å². The van der Waals surface area contributed by atoms with E-state index < -0.39 is 7.82 Å². The van der Waals surface area contributed by atoms with E-state index in [0.29, 0.717) is 0 Å². The van der Waals surface area contributed by atoms with E-state index in [-0.39, 0.29) is 6.61 Å². The topological polar surface area (TPSA) is 44.8 Å². The maximum atomic E-state index is 11.5. The van der Waals surface area contributed by atoms with E-state index in [1.54, 1.807) is 0 Å². The van der Waals surface area contributed by atoms with Gasteiger partial charge in [-0.25, -0.2) is 4.57 Å². The highest BCUT2D eigenvalue weighted by Crippen LogP contribution is 2.48. The molecular weight excluding hydrogens is 283 g/mol. The van der Waals surface area contributed by atoms with Crippen LogP contribution in [0.3, 0.4) is 0 Å². The summed E-state index contributed by atoms with van der Waals surface area (Å²) < 4.78 is 26.8. The van der Waals surface area contributed by atoms with Crippen molar-refractivity contribution < 1.29 is 18.1 Å². The molecule has 0 atom stereocenters. The van der Waals surface area contributed by atoms with Crippen molar-refractivity contribution in [3.05, 3.63) is 34.3 Å². The van der Waals surface area contributed by atoms with Gasteiger partial charge in [0.25, 0.3) is 0 Å². The first-order chi connectivity index (χ1) is 7.09. The fraction of sp³-hybridized carbons (Fsp3) is 0.333. The largest absolute Gasteiger partial charge is 0.474 e. The summed E-state index contributed by atoms with van der Waals surface area (Å²) in [6, 6.07) is 7.48. The van der Waals surface area contributed by atoms with E-state index in [1.165, 1.54) is 14.2 Å². The number of hydrogen-bond acceptors (Lipinski definition) is 4. The van der Waals surface area contributed by atoms with E-state index in [4.69, 9.17) is 4.52 Å². The molecule has 0 aliphatic heterocycles. The maximum absolute atomic E-state index is 11.5. The molecule has 84 valence electrons. The van der Waals surface area contributed by atoms with Gasteiger partial charge in [0.05, 0.1) is 6.61 Å². The minimum Gasteiger partial charge on any atom is -0.290 e. The lowest BCUT2D eigenvalue weighted by Crippen LogP contribution is -1.95. The average Bonchev–Trinajstić information content (AvgIpc) is 2.28. The Hall–Kier alpha value is -0.190. The monoisotopic (exact) mass is 294 g/mol. The van der Waals surface area contributed by atoms with Gasteiger partial charge in [0.15, 0.2) is 0 Å². The lowest BCUT2D eigenvalue weighted by molar-refractivity contribution is 0.146. The molecule has 0 aliphatic carbocycles. The predicted octanol–water partition coefficient (Wildman–Crippen LogP) is 3.37. The molecule has 6 heteroatoms. The van der Waals surface area contributed by atoms with Gasteiger partial charge in [-0.3, -0.25) is 13.6 Å². The molecule has 0 unspecified atom stereocenters. The van der Waals surface area contributed by atoms with Crippen molar-refractivity contribution in [2.75, 3.05) is 14.2 Å². The van der Waals surface area contributed by atoms with Crippen molar-refractivity contribution in [3.8, 4) is 0 Å². The van der Waals surface area contributed by atoms with Crippen LogP contribution in [0.2, 0.25) is 0 Å². The number of hydrogen-bond donors (Lipinski definition) is 0. The summed E-state index contributed by atoms with van der Waals surface area (Å²) in [5.41, 5.74) is 0.896.